The Bertz CT molecular complexity index is 716. The molecule has 0 spiro atoms. The SMILES string of the molecule is O=C(NCc1ccc(N2CCOCC2)nc1)c1cc(F)ccc1F. The van der Waals surface area contributed by atoms with E-state index in [9.17, 15) is 13.6 Å². The van der Waals surface area contributed by atoms with Gasteiger partial charge in [0.15, 0.2) is 0 Å². The number of anilines is 1. The molecule has 0 unspecified atom stereocenters. The number of pyridine rings is 1. The third-order valence-electron chi connectivity index (χ3n) is 3.77. The number of morpholine rings is 1. The second-order valence-corrected chi connectivity index (χ2v) is 5.43. The smallest absolute Gasteiger partial charge is 0.254 e. The van der Waals surface area contributed by atoms with Gasteiger partial charge in [-0.05, 0) is 29.8 Å². The zero-order valence-electron chi connectivity index (χ0n) is 13.0. The topological polar surface area (TPSA) is 54.5 Å². The standard InChI is InChI=1S/C17H17F2N3O2/c18-13-2-3-15(19)14(9-13)17(23)21-11-12-1-4-16(20-10-12)22-5-7-24-8-6-22/h1-4,9-10H,5-8,11H2,(H,21,23). The molecule has 0 aliphatic carbocycles. The summed E-state index contributed by atoms with van der Waals surface area (Å²) in [4.78, 5) is 18.4. The molecule has 0 radical (unpaired) electrons. The first-order chi connectivity index (χ1) is 11.6. The predicted molar refractivity (Wildman–Crippen MR) is 84.8 cm³/mol. The lowest BCUT2D eigenvalue weighted by Crippen LogP contribution is -2.36. The zero-order chi connectivity index (χ0) is 16.9. The molecule has 3 rings (SSSR count). The molecule has 126 valence electrons. The number of halogens is 2. The number of amides is 1. The van der Waals surface area contributed by atoms with Gasteiger partial charge in [0, 0.05) is 25.8 Å². The van der Waals surface area contributed by atoms with Gasteiger partial charge in [0.1, 0.15) is 17.5 Å². The zero-order valence-corrected chi connectivity index (χ0v) is 13.0. The number of benzene rings is 1. The number of hydrogen-bond acceptors (Lipinski definition) is 4. The quantitative estimate of drug-likeness (QED) is 0.931. The minimum Gasteiger partial charge on any atom is -0.378 e. The Morgan fingerprint density at radius 3 is 2.71 bits per heavy atom. The van der Waals surface area contributed by atoms with Gasteiger partial charge < -0.3 is 15.0 Å². The van der Waals surface area contributed by atoms with Gasteiger partial charge in [0.2, 0.25) is 0 Å². The van der Waals surface area contributed by atoms with Crippen molar-refractivity contribution in [2.24, 2.45) is 0 Å². The number of rotatable bonds is 4. The first kappa shape index (κ1) is 16.3. The van der Waals surface area contributed by atoms with Gasteiger partial charge >= 0.3 is 0 Å². The largest absolute Gasteiger partial charge is 0.378 e. The summed E-state index contributed by atoms with van der Waals surface area (Å²) in [5.41, 5.74) is 0.463. The number of aromatic nitrogens is 1. The molecule has 5 nitrogen and oxygen atoms in total. The summed E-state index contributed by atoms with van der Waals surface area (Å²) < 4.78 is 32.0. The lowest BCUT2D eigenvalue weighted by molar-refractivity contribution is 0.0946. The van der Waals surface area contributed by atoms with Crippen LogP contribution >= 0.6 is 0 Å². The van der Waals surface area contributed by atoms with E-state index in [0.717, 1.165) is 42.7 Å². The van der Waals surface area contributed by atoms with Gasteiger partial charge in [-0.2, -0.15) is 0 Å². The molecule has 0 atom stereocenters. The second kappa shape index (κ2) is 7.35. The first-order valence-corrected chi connectivity index (χ1v) is 7.64. The van der Waals surface area contributed by atoms with Crippen molar-refractivity contribution in [3.8, 4) is 0 Å². The molecule has 0 saturated carbocycles. The van der Waals surface area contributed by atoms with Crippen molar-refractivity contribution < 1.29 is 18.3 Å². The van der Waals surface area contributed by atoms with E-state index >= 15 is 0 Å². The highest BCUT2D eigenvalue weighted by Crippen LogP contribution is 2.13. The van der Waals surface area contributed by atoms with E-state index in [4.69, 9.17) is 4.74 Å². The van der Waals surface area contributed by atoms with Crippen LogP contribution in [0.5, 0.6) is 0 Å². The molecule has 1 aromatic carbocycles. The van der Waals surface area contributed by atoms with Crippen LogP contribution in [-0.4, -0.2) is 37.2 Å². The van der Waals surface area contributed by atoms with Crippen LogP contribution in [0.2, 0.25) is 0 Å². The maximum atomic E-state index is 13.5. The van der Waals surface area contributed by atoms with Crippen LogP contribution in [0.3, 0.4) is 0 Å². The Balaban J connectivity index is 1.60. The van der Waals surface area contributed by atoms with E-state index in [2.05, 4.69) is 15.2 Å². The average Bonchev–Trinajstić information content (AvgIpc) is 2.63. The minimum absolute atomic E-state index is 0.186. The summed E-state index contributed by atoms with van der Waals surface area (Å²) in [6.45, 7) is 3.13. The highest BCUT2D eigenvalue weighted by molar-refractivity contribution is 5.94. The van der Waals surface area contributed by atoms with Crippen LogP contribution in [0, 0.1) is 11.6 Å². The minimum atomic E-state index is -0.755. The molecule has 0 bridgehead atoms. The van der Waals surface area contributed by atoms with E-state index in [1.807, 2.05) is 12.1 Å². The summed E-state index contributed by atoms with van der Waals surface area (Å²) >= 11 is 0. The molecule has 2 heterocycles. The van der Waals surface area contributed by atoms with Crippen LogP contribution in [0.1, 0.15) is 15.9 Å². The summed E-state index contributed by atoms with van der Waals surface area (Å²) in [6.07, 6.45) is 1.66. The molecule has 1 aliphatic heterocycles. The van der Waals surface area contributed by atoms with Gasteiger partial charge in [0.25, 0.3) is 5.91 Å². The molecule has 1 aliphatic rings. The average molecular weight is 333 g/mol. The number of hydrogen-bond donors (Lipinski definition) is 1. The number of carbonyl (C=O) groups excluding carboxylic acids is 1. The van der Waals surface area contributed by atoms with Crippen molar-refractivity contribution in [2.45, 2.75) is 6.54 Å². The molecular formula is C17H17F2N3O2. The van der Waals surface area contributed by atoms with Crippen molar-refractivity contribution in [1.82, 2.24) is 10.3 Å². The Morgan fingerprint density at radius 1 is 1.21 bits per heavy atom. The van der Waals surface area contributed by atoms with Gasteiger partial charge in [0.05, 0.1) is 18.8 Å². The molecule has 1 aromatic heterocycles. The summed E-state index contributed by atoms with van der Waals surface area (Å²) in [5.74, 6) is -1.22. The summed E-state index contributed by atoms with van der Waals surface area (Å²) in [7, 11) is 0. The highest BCUT2D eigenvalue weighted by atomic mass is 19.1. The first-order valence-electron chi connectivity index (χ1n) is 7.64. The number of nitrogens with zero attached hydrogens (tertiary/aromatic N) is 2. The fourth-order valence-corrected chi connectivity index (χ4v) is 2.45. The Hall–Kier alpha value is -2.54. The van der Waals surface area contributed by atoms with Crippen molar-refractivity contribution >= 4 is 11.7 Å². The predicted octanol–water partition coefficient (Wildman–Crippen LogP) is 2.13. The molecule has 24 heavy (non-hydrogen) atoms. The van der Waals surface area contributed by atoms with E-state index in [1.54, 1.807) is 6.20 Å². The van der Waals surface area contributed by atoms with E-state index in [0.29, 0.717) is 13.2 Å². The van der Waals surface area contributed by atoms with E-state index in [-0.39, 0.29) is 12.1 Å². The maximum absolute atomic E-state index is 13.5. The lowest BCUT2D eigenvalue weighted by atomic mass is 10.2. The Morgan fingerprint density at radius 2 is 2.00 bits per heavy atom. The van der Waals surface area contributed by atoms with Crippen LogP contribution in [0.25, 0.3) is 0 Å². The monoisotopic (exact) mass is 333 g/mol. The van der Waals surface area contributed by atoms with Gasteiger partial charge in [-0.1, -0.05) is 6.07 Å². The van der Waals surface area contributed by atoms with Crippen LogP contribution in [0.4, 0.5) is 14.6 Å². The highest BCUT2D eigenvalue weighted by Gasteiger charge is 2.14. The van der Waals surface area contributed by atoms with Crippen LogP contribution < -0.4 is 10.2 Å². The third kappa shape index (κ3) is 3.86. The third-order valence-corrected chi connectivity index (χ3v) is 3.77. The molecule has 7 heteroatoms. The number of ether oxygens (including phenoxy) is 1. The normalized spacial score (nSPS) is 14.5. The Kier molecular flexibility index (Phi) is 5.00. The second-order valence-electron chi connectivity index (χ2n) is 5.43. The van der Waals surface area contributed by atoms with Gasteiger partial charge in [-0.15, -0.1) is 0 Å². The van der Waals surface area contributed by atoms with Crippen LogP contribution in [0.15, 0.2) is 36.5 Å². The molecule has 1 fully saturated rings. The molecule has 2 aromatic rings. The van der Waals surface area contributed by atoms with Crippen molar-refractivity contribution in [2.75, 3.05) is 31.2 Å². The lowest BCUT2D eigenvalue weighted by Gasteiger charge is -2.27. The fraction of sp³-hybridized carbons (Fsp3) is 0.294. The summed E-state index contributed by atoms with van der Waals surface area (Å²) in [6, 6.07) is 6.50. The molecular weight excluding hydrogens is 316 g/mol. The Labute approximate surface area is 138 Å². The molecule has 1 N–H and O–H groups in total. The summed E-state index contributed by atoms with van der Waals surface area (Å²) in [5, 5.41) is 2.56. The van der Waals surface area contributed by atoms with Crippen molar-refractivity contribution in [3.63, 3.8) is 0 Å². The fourth-order valence-electron chi connectivity index (χ4n) is 2.45. The molecule has 1 saturated heterocycles. The van der Waals surface area contributed by atoms with Crippen LogP contribution in [-0.2, 0) is 11.3 Å². The van der Waals surface area contributed by atoms with E-state index < -0.39 is 17.5 Å². The van der Waals surface area contributed by atoms with Crippen molar-refractivity contribution in [1.29, 1.82) is 0 Å². The molecule has 1 amide bonds. The van der Waals surface area contributed by atoms with Gasteiger partial charge in [-0.25, -0.2) is 13.8 Å². The maximum Gasteiger partial charge on any atom is 0.254 e. The number of carbonyl (C=O) groups is 1. The number of nitrogens with one attached hydrogen (secondary N) is 1. The van der Waals surface area contributed by atoms with Gasteiger partial charge in [-0.3, -0.25) is 4.79 Å². The van der Waals surface area contributed by atoms with Crippen molar-refractivity contribution in [3.05, 3.63) is 59.3 Å². The van der Waals surface area contributed by atoms with E-state index in [1.165, 1.54) is 0 Å².